The number of ether oxygens (including phenoxy) is 2. The summed E-state index contributed by atoms with van der Waals surface area (Å²) in [6.45, 7) is 7.60. The van der Waals surface area contributed by atoms with Gasteiger partial charge in [-0.3, -0.25) is 0 Å². The van der Waals surface area contributed by atoms with Gasteiger partial charge in [0.1, 0.15) is 24.7 Å². The highest BCUT2D eigenvalue weighted by molar-refractivity contribution is 7.94. The molecule has 0 radical (unpaired) electrons. The number of hydrogen-bond acceptors (Lipinski definition) is 8. The normalized spacial score (nSPS) is 11.2. The van der Waals surface area contributed by atoms with Crippen LogP contribution in [-0.2, 0) is 26.5 Å². The Balaban J connectivity index is 1.51. The lowest BCUT2D eigenvalue weighted by Crippen LogP contribution is -2.40. The van der Waals surface area contributed by atoms with Gasteiger partial charge in [-0.25, -0.2) is 26.4 Å². The third kappa shape index (κ3) is 7.98. The third-order valence-corrected chi connectivity index (χ3v) is 10.1. The van der Waals surface area contributed by atoms with E-state index in [1.165, 1.54) is 72.8 Å². The van der Waals surface area contributed by atoms with Crippen LogP contribution in [0.15, 0.2) is 132 Å². The van der Waals surface area contributed by atoms with Gasteiger partial charge < -0.3 is 20.9 Å². The van der Waals surface area contributed by atoms with Gasteiger partial charge in [-0.2, -0.15) is 8.61 Å². The van der Waals surface area contributed by atoms with Crippen molar-refractivity contribution in [3.8, 4) is 11.5 Å². The summed E-state index contributed by atoms with van der Waals surface area (Å²) in [6, 6.07) is 21.0. The summed E-state index contributed by atoms with van der Waals surface area (Å²) in [5.41, 5.74) is 12.5. The zero-order valence-electron chi connectivity index (χ0n) is 25.1. The fraction of sp³-hybridized carbons (Fsp3) is 0.0909. The summed E-state index contributed by atoms with van der Waals surface area (Å²) in [6.07, 6.45) is 3.45. The molecule has 0 saturated heterocycles. The molecule has 0 fully saturated rings. The number of rotatable bonds is 14. The molecule has 0 aliphatic rings. The van der Waals surface area contributed by atoms with E-state index in [0.717, 1.165) is 11.1 Å². The van der Waals surface area contributed by atoms with Crippen LogP contribution in [0, 0.1) is 0 Å². The molecule has 4 aromatic rings. The highest BCUT2D eigenvalue weighted by Gasteiger charge is 2.31. The van der Waals surface area contributed by atoms with Crippen LogP contribution < -0.4 is 29.6 Å². The molecule has 0 atom stereocenters. The number of carbonyl (C=O) groups excluding carboxylic acids is 2. The molecule has 12 nitrogen and oxygen atoms in total. The maximum atomic E-state index is 13.3. The lowest BCUT2D eigenvalue weighted by atomic mass is 10.0. The summed E-state index contributed by atoms with van der Waals surface area (Å²) >= 11 is 0. The molecule has 0 unspecified atom stereocenters. The van der Waals surface area contributed by atoms with Gasteiger partial charge in [0.25, 0.3) is 20.0 Å². The van der Waals surface area contributed by atoms with Crippen molar-refractivity contribution in [3.05, 3.63) is 133 Å². The minimum absolute atomic E-state index is 0.0335. The molecule has 0 saturated carbocycles. The molecule has 0 spiro atoms. The van der Waals surface area contributed by atoms with Gasteiger partial charge in [0.05, 0.1) is 21.2 Å². The Morgan fingerprint density at radius 1 is 0.574 bits per heavy atom. The van der Waals surface area contributed by atoms with E-state index in [1.807, 2.05) is 0 Å². The summed E-state index contributed by atoms with van der Waals surface area (Å²) in [7, 11) is -8.68. The van der Waals surface area contributed by atoms with Crippen molar-refractivity contribution in [2.24, 2.45) is 11.5 Å². The largest absolute Gasteiger partial charge is 0.490 e. The highest BCUT2D eigenvalue weighted by Crippen LogP contribution is 2.28. The predicted molar refractivity (Wildman–Crippen MR) is 178 cm³/mol. The molecular weight excluding hydrogens is 645 g/mol. The van der Waals surface area contributed by atoms with Crippen LogP contribution in [0.25, 0.3) is 0 Å². The summed E-state index contributed by atoms with van der Waals surface area (Å²) < 4.78 is 65.0. The number of primary amides is 2. The smallest absolute Gasteiger partial charge is 0.333 e. The molecule has 4 N–H and O–H groups in total. The number of anilines is 2. The van der Waals surface area contributed by atoms with E-state index in [9.17, 15) is 26.4 Å². The van der Waals surface area contributed by atoms with Gasteiger partial charge in [-0.1, -0.05) is 49.6 Å². The second-order valence-corrected chi connectivity index (χ2v) is 13.4. The van der Waals surface area contributed by atoms with E-state index < -0.39 is 32.1 Å². The van der Waals surface area contributed by atoms with Crippen molar-refractivity contribution in [3.63, 3.8) is 0 Å². The highest BCUT2D eigenvalue weighted by atomic mass is 32.2. The first-order valence-corrected chi connectivity index (χ1v) is 16.8. The lowest BCUT2D eigenvalue weighted by Gasteiger charge is -2.21. The first-order valence-electron chi connectivity index (χ1n) is 13.9. The molecule has 244 valence electrons. The Hall–Kier alpha value is -5.60. The summed E-state index contributed by atoms with van der Waals surface area (Å²) in [5, 5.41) is 0. The molecule has 0 bridgehead atoms. The zero-order chi connectivity index (χ0) is 34.2. The zero-order valence-corrected chi connectivity index (χ0v) is 26.7. The number of nitrogens with zero attached hydrogens (tertiary/aromatic N) is 2. The average Bonchev–Trinajstić information content (AvgIpc) is 3.04. The first-order chi connectivity index (χ1) is 22.4. The van der Waals surface area contributed by atoms with Crippen LogP contribution >= 0.6 is 0 Å². The number of hydrogen-bond donors (Lipinski definition) is 2. The van der Waals surface area contributed by atoms with Crippen molar-refractivity contribution in [2.45, 2.75) is 16.2 Å². The Bertz CT molecular complexity index is 1820. The number of carbonyl (C=O) groups is 2. The minimum atomic E-state index is -4.34. The molecule has 4 aromatic carbocycles. The number of sulfonamides is 2. The predicted octanol–water partition coefficient (Wildman–Crippen LogP) is 4.96. The molecule has 0 heterocycles. The molecule has 4 amide bonds. The van der Waals surface area contributed by atoms with Crippen molar-refractivity contribution in [2.75, 3.05) is 21.8 Å². The number of benzene rings is 4. The van der Waals surface area contributed by atoms with Crippen LogP contribution in [0.3, 0.4) is 0 Å². The molecule has 14 heteroatoms. The average molecular weight is 677 g/mol. The Morgan fingerprint density at radius 2 is 0.894 bits per heavy atom. The summed E-state index contributed by atoms with van der Waals surface area (Å²) in [4.78, 5) is 24.3. The summed E-state index contributed by atoms with van der Waals surface area (Å²) in [5.74, 6) is 0.854. The minimum Gasteiger partial charge on any atom is -0.490 e. The van der Waals surface area contributed by atoms with E-state index >= 15 is 0 Å². The Morgan fingerprint density at radius 3 is 1.17 bits per heavy atom. The molecule has 0 aliphatic heterocycles. The molecule has 0 aliphatic carbocycles. The number of urea groups is 2. The maximum absolute atomic E-state index is 13.3. The third-order valence-electron chi connectivity index (χ3n) is 6.61. The monoisotopic (exact) mass is 676 g/mol. The second-order valence-electron chi connectivity index (χ2n) is 9.87. The van der Waals surface area contributed by atoms with Gasteiger partial charge in [0.15, 0.2) is 0 Å². The number of amides is 4. The van der Waals surface area contributed by atoms with Crippen LogP contribution in [0.4, 0.5) is 21.0 Å². The van der Waals surface area contributed by atoms with E-state index in [0.29, 0.717) is 26.5 Å². The molecular formula is C33H32N4O8S2. The van der Waals surface area contributed by atoms with Crippen molar-refractivity contribution >= 4 is 43.5 Å². The van der Waals surface area contributed by atoms with E-state index in [-0.39, 0.29) is 34.4 Å². The first kappa shape index (κ1) is 34.3. The number of nitrogens with two attached hydrogens (primary N) is 2. The maximum Gasteiger partial charge on any atom is 0.333 e. The Kier molecular flexibility index (Phi) is 10.7. The van der Waals surface area contributed by atoms with Gasteiger partial charge in [-0.05, 0) is 90.3 Å². The van der Waals surface area contributed by atoms with Crippen molar-refractivity contribution in [1.29, 1.82) is 0 Å². The van der Waals surface area contributed by atoms with Crippen LogP contribution in [0.2, 0.25) is 0 Å². The van der Waals surface area contributed by atoms with Crippen LogP contribution in [0.1, 0.15) is 11.1 Å². The fourth-order valence-corrected chi connectivity index (χ4v) is 7.09. The Labute approximate surface area is 273 Å². The van der Waals surface area contributed by atoms with E-state index in [4.69, 9.17) is 20.9 Å². The topological polar surface area (TPSA) is 179 Å². The van der Waals surface area contributed by atoms with Gasteiger partial charge in [0.2, 0.25) is 0 Å². The standard InChI is InChI=1S/C33H32N4O8S2/c1-3-21-44-28-13-17-30(18-14-28)46(40,41)36(32(34)38)26-9-5-24(6-10-26)23-25-7-11-27(12-8-25)37(33(35)39)47(42,43)31-19-15-29(16-20-31)45-22-4-2/h3-20H,1-2,21-23H2,(H2,34,38)(H2,35,39). The van der Waals surface area contributed by atoms with Crippen molar-refractivity contribution in [1.82, 2.24) is 0 Å². The fourth-order valence-electron chi connectivity index (χ4n) is 4.44. The lowest BCUT2D eigenvalue weighted by molar-refractivity contribution is 0.256. The van der Waals surface area contributed by atoms with Crippen LogP contribution in [-0.4, -0.2) is 42.1 Å². The van der Waals surface area contributed by atoms with E-state index in [2.05, 4.69) is 13.2 Å². The van der Waals surface area contributed by atoms with Gasteiger partial charge in [-0.15, -0.1) is 0 Å². The van der Waals surface area contributed by atoms with E-state index in [1.54, 1.807) is 36.4 Å². The molecule has 0 aromatic heterocycles. The SMILES string of the molecule is C=CCOc1ccc(S(=O)(=O)N(C(N)=O)c2ccc(Cc3ccc(N(C(N)=O)S(=O)(=O)c4ccc(OCC=C)cc4)cc3)cc2)cc1. The van der Waals surface area contributed by atoms with Gasteiger partial charge in [0, 0.05) is 0 Å². The quantitative estimate of drug-likeness (QED) is 0.176. The van der Waals surface area contributed by atoms with Gasteiger partial charge >= 0.3 is 12.1 Å². The molecule has 4 rings (SSSR count). The second kappa shape index (κ2) is 14.7. The molecule has 47 heavy (non-hydrogen) atoms. The van der Waals surface area contributed by atoms with Crippen molar-refractivity contribution < 1.29 is 35.9 Å². The van der Waals surface area contributed by atoms with Crippen LogP contribution in [0.5, 0.6) is 11.5 Å².